The summed E-state index contributed by atoms with van der Waals surface area (Å²) in [6.07, 6.45) is 7.42. The molecule has 1 aliphatic rings. The summed E-state index contributed by atoms with van der Waals surface area (Å²) in [6, 6.07) is 7.67. The zero-order valence-corrected chi connectivity index (χ0v) is 14.7. The van der Waals surface area contributed by atoms with Crippen LogP contribution in [0.3, 0.4) is 0 Å². The van der Waals surface area contributed by atoms with E-state index in [4.69, 9.17) is 0 Å². The first kappa shape index (κ1) is 16.4. The van der Waals surface area contributed by atoms with E-state index in [0.717, 1.165) is 37.3 Å². The van der Waals surface area contributed by atoms with Crippen molar-refractivity contribution in [3.05, 3.63) is 59.9 Å². The summed E-state index contributed by atoms with van der Waals surface area (Å²) in [7, 11) is 2.01. The number of hydrogen-bond donors (Lipinski definition) is 0. The maximum Gasteiger partial charge on any atom is 0.253 e. The van der Waals surface area contributed by atoms with Crippen LogP contribution < -0.4 is 0 Å². The molecule has 1 atom stereocenters. The molecule has 4 rings (SSSR count). The number of carbonyl (C=O) groups excluding carboxylic acids is 1. The van der Waals surface area contributed by atoms with Crippen LogP contribution in [0.1, 0.15) is 40.5 Å². The lowest BCUT2D eigenvalue weighted by molar-refractivity contribution is 0.0703. The number of nitrogens with zero attached hydrogens (tertiary/aromatic N) is 7. The summed E-state index contributed by atoms with van der Waals surface area (Å²) in [5.41, 5.74) is 1.77. The number of aromatic nitrogens is 6. The molecule has 0 saturated carbocycles. The molecule has 0 aliphatic carbocycles. The average Bonchev–Trinajstić information content (AvgIpc) is 3.33. The average molecular weight is 351 g/mol. The molecular weight excluding hydrogens is 330 g/mol. The van der Waals surface area contributed by atoms with Crippen LogP contribution in [-0.2, 0) is 13.6 Å². The zero-order chi connectivity index (χ0) is 17.9. The zero-order valence-electron chi connectivity index (χ0n) is 14.7. The molecule has 8 heteroatoms. The molecule has 134 valence electrons. The van der Waals surface area contributed by atoms with Crippen molar-refractivity contribution in [3.63, 3.8) is 0 Å². The highest BCUT2D eigenvalue weighted by Crippen LogP contribution is 2.26. The summed E-state index contributed by atoms with van der Waals surface area (Å²) in [4.78, 5) is 19.3. The molecule has 1 saturated heterocycles. The second-order valence-electron chi connectivity index (χ2n) is 6.69. The number of aryl methyl sites for hydroxylation is 1. The van der Waals surface area contributed by atoms with Gasteiger partial charge in [-0.05, 0) is 41.0 Å². The second kappa shape index (κ2) is 7.07. The third kappa shape index (κ3) is 3.35. The largest absolute Gasteiger partial charge is 0.338 e. The highest BCUT2D eigenvalue weighted by atomic mass is 16.2. The van der Waals surface area contributed by atoms with E-state index in [-0.39, 0.29) is 5.91 Å². The van der Waals surface area contributed by atoms with Gasteiger partial charge in [-0.25, -0.2) is 9.67 Å². The number of piperidine rings is 1. The van der Waals surface area contributed by atoms with Crippen molar-refractivity contribution < 1.29 is 4.79 Å². The quantitative estimate of drug-likeness (QED) is 0.711. The van der Waals surface area contributed by atoms with Crippen molar-refractivity contribution in [1.29, 1.82) is 0 Å². The molecule has 0 bridgehead atoms. The van der Waals surface area contributed by atoms with Crippen LogP contribution in [0.25, 0.3) is 0 Å². The Morgan fingerprint density at radius 1 is 1.27 bits per heavy atom. The van der Waals surface area contributed by atoms with E-state index in [1.165, 1.54) is 0 Å². The van der Waals surface area contributed by atoms with Gasteiger partial charge in [-0.15, -0.1) is 5.10 Å². The van der Waals surface area contributed by atoms with E-state index in [2.05, 4.69) is 20.5 Å². The van der Waals surface area contributed by atoms with Crippen LogP contribution in [0.4, 0.5) is 0 Å². The molecule has 8 nitrogen and oxygen atoms in total. The predicted octanol–water partition coefficient (Wildman–Crippen LogP) is 1.47. The Bertz CT molecular complexity index is 869. The molecule has 2 aromatic heterocycles. The number of likely N-dealkylation sites (tertiary alicyclic amines) is 1. The number of amides is 1. The summed E-state index contributed by atoms with van der Waals surface area (Å²) in [6.45, 7) is 2.11. The molecule has 1 fully saturated rings. The van der Waals surface area contributed by atoms with E-state index in [9.17, 15) is 4.79 Å². The van der Waals surface area contributed by atoms with Crippen LogP contribution in [0.2, 0.25) is 0 Å². The van der Waals surface area contributed by atoms with Gasteiger partial charge in [-0.3, -0.25) is 4.79 Å². The molecule has 3 heterocycles. The monoisotopic (exact) mass is 351 g/mol. The molecule has 0 unspecified atom stereocenters. The van der Waals surface area contributed by atoms with Gasteiger partial charge < -0.3 is 9.47 Å². The van der Waals surface area contributed by atoms with Gasteiger partial charge in [0.05, 0.1) is 6.54 Å². The normalized spacial score (nSPS) is 17.4. The number of benzene rings is 1. The maximum absolute atomic E-state index is 12.9. The third-order valence-corrected chi connectivity index (χ3v) is 4.87. The minimum Gasteiger partial charge on any atom is -0.338 e. The van der Waals surface area contributed by atoms with Gasteiger partial charge in [-0.2, -0.15) is 0 Å². The molecule has 3 aromatic rings. The van der Waals surface area contributed by atoms with Crippen molar-refractivity contribution in [2.24, 2.45) is 7.05 Å². The van der Waals surface area contributed by atoms with E-state index in [1.807, 2.05) is 53.2 Å². The summed E-state index contributed by atoms with van der Waals surface area (Å²) >= 11 is 0. The molecule has 1 aliphatic heterocycles. The van der Waals surface area contributed by atoms with E-state index in [1.54, 1.807) is 11.0 Å². The maximum atomic E-state index is 12.9. The molecule has 26 heavy (non-hydrogen) atoms. The van der Waals surface area contributed by atoms with E-state index in [0.29, 0.717) is 18.0 Å². The summed E-state index contributed by atoms with van der Waals surface area (Å²) < 4.78 is 3.70. The highest BCUT2D eigenvalue weighted by molar-refractivity contribution is 5.94. The van der Waals surface area contributed by atoms with Gasteiger partial charge in [0.15, 0.2) is 0 Å². The fraction of sp³-hybridized carbons (Fsp3) is 0.389. The summed E-state index contributed by atoms with van der Waals surface area (Å²) in [5.74, 6) is 1.43. The second-order valence-corrected chi connectivity index (χ2v) is 6.69. The van der Waals surface area contributed by atoms with Crippen LogP contribution in [0.5, 0.6) is 0 Å². The van der Waals surface area contributed by atoms with Crippen molar-refractivity contribution in [3.8, 4) is 0 Å². The Labute approximate surface area is 151 Å². The minimum absolute atomic E-state index is 0.0814. The Morgan fingerprint density at radius 2 is 2.12 bits per heavy atom. The molecular formula is C18H21N7O. The first-order valence-electron chi connectivity index (χ1n) is 8.77. The molecule has 0 N–H and O–H groups in total. The fourth-order valence-electron chi connectivity index (χ4n) is 3.52. The van der Waals surface area contributed by atoms with Gasteiger partial charge in [-0.1, -0.05) is 12.1 Å². The smallest absolute Gasteiger partial charge is 0.253 e. The Balaban J connectivity index is 1.44. The first-order valence-corrected chi connectivity index (χ1v) is 8.77. The highest BCUT2D eigenvalue weighted by Gasteiger charge is 2.27. The van der Waals surface area contributed by atoms with Gasteiger partial charge in [0.1, 0.15) is 12.2 Å². The number of hydrogen-bond acceptors (Lipinski definition) is 5. The lowest BCUT2D eigenvalue weighted by atomic mass is 9.96. The number of imidazole rings is 1. The fourth-order valence-corrected chi connectivity index (χ4v) is 3.52. The van der Waals surface area contributed by atoms with E-state index >= 15 is 0 Å². The number of carbonyl (C=O) groups is 1. The number of rotatable bonds is 4. The van der Waals surface area contributed by atoms with Crippen LogP contribution >= 0.6 is 0 Å². The lowest BCUT2D eigenvalue weighted by Crippen LogP contribution is -2.39. The molecule has 1 aromatic carbocycles. The van der Waals surface area contributed by atoms with Crippen LogP contribution in [-0.4, -0.2) is 53.7 Å². The van der Waals surface area contributed by atoms with Gasteiger partial charge in [0.2, 0.25) is 0 Å². The van der Waals surface area contributed by atoms with Gasteiger partial charge >= 0.3 is 0 Å². The van der Waals surface area contributed by atoms with Crippen LogP contribution in [0.15, 0.2) is 43.0 Å². The third-order valence-electron chi connectivity index (χ3n) is 4.87. The Kier molecular flexibility index (Phi) is 4.47. The van der Waals surface area contributed by atoms with Gasteiger partial charge in [0.25, 0.3) is 5.91 Å². The van der Waals surface area contributed by atoms with Crippen molar-refractivity contribution in [2.75, 3.05) is 13.1 Å². The first-order chi connectivity index (χ1) is 12.7. The van der Waals surface area contributed by atoms with Crippen molar-refractivity contribution in [2.45, 2.75) is 25.3 Å². The predicted molar refractivity (Wildman–Crippen MR) is 94.4 cm³/mol. The Hall–Kier alpha value is -3.03. The van der Waals surface area contributed by atoms with Crippen molar-refractivity contribution >= 4 is 5.91 Å². The molecule has 0 radical (unpaired) electrons. The molecule has 1 amide bonds. The SMILES string of the molecule is Cn1ccnc1[C@@H]1CCCN(C(=O)c2ccc(Cn3cnnn3)cc2)C1. The van der Waals surface area contributed by atoms with E-state index < -0.39 is 0 Å². The molecule has 0 spiro atoms. The summed E-state index contributed by atoms with van der Waals surface area (Å²) in [5, 5.41) is 11.1. The lowest BCUT2D eigenvalue weighted by Gasteiger charge is -2.32. The Morgan fingerprint density at radius 3 is 2.81 bits per heavy atom. The topological polar surface area (TPSA) is 81.7 Å². The van der Waals surface area contributed by atoms with Crippen molar-refractivity contribution in [1.82, 2.24) is 34.7 Å². The van der Waals surface area contributed by atoms with Gasteiger partial charge in [0, 0.05) is 44.0 Å². The minimum atomic E-state index is 0.0814. The number of tetrazole rings is 1. The van der Waals surface area contributed by atoms with Crippen LogP contribution in [0, 0.1) is 0 Å². The standard InChI is InChI=1S/C18H21N7O/c1-23-10-8-19-17(23)16-3-2-9-24(12-16)18(26)15-6-4-14(5-7-15)11-25-13-20-21-22-25/h4-8,10,13,16H,2-3,9,11-12H2,1H3/t16-/m1/s1.